The summed E-state index contributed by atoms with van der Waals surface area (Å²) in [6.07, 6.45) is 1.28. The van der Waals surface area contributed by atoms with E-state index in [9.17, 15) is 8.42 Å². The number of nitrogens with one attached hydrogen (secondary N) is 1. The number of aromatic amines is 1. The third-order valence-corrected chi connectivity index (χ3v) is 8.02. The van der Waals surface area contributed by atoms with E-state index in [4.69, 9.17) is 4.74 Å². The molecule has 8 heteroatoms. The fourth-order valence-corrected chi connectivity index (χ4v) is 6.32. The van der Waals surface area contributed by atoms with Crippen molar-refractivity contribution in [3.8, 4) is 0 Å². The molecule has 1 aliphatic heterocycles. The highest BCUT2D eigenvalue weighted by atomic mass is 32.2. The highest BCUT2D eigenvalue weighted by Crippen LogP contribution is 2.28. The van der Waals surface area contributed by atoms with Gasteiger partial charge in [-0.15, -0.1) is 0 Å². The first kappa shape index (κ1) is 24.7. The van der Waals surface area contributed by atoms with Crippen molar-refractivity contribution in [1.82, 2.24) is 15.1 Å². The predicted octanol–water partition coefficient (Wildman–Crippen LogP) is 4.59. The third kappa shape index (κ3) is 5.29. The van der Waals surface area contributed by atoms with Gasteiger partial charge in [-0.05, 0) is 62.1 Å². The quantitative estimate of drug-likeness (QED) is 0.506. The van der Waals surface area contributed by atoms with Gasteiger partial charge >= 0.3 is 0 Å². The van der Waals surface area contributed by atoms with Crippen LogP contribution in [0.15, 0.2) is 47.4 Å². The van der Waals surface area contributed by atoms with Gasteiger partial charge in [-0.1, -0.05) is 32.9 Å². The predicted molar refractivity (Wildman–Crippen MR) is 137 cm³/mol. The molecule has 3 aromatic rings. The van der Waals surface area contributed by atoms with E-state index in [0.717, 1.165) is 36.1 Å². The molecule has 7 nitrogen and oxygen atoms in total. The number of nitrogens with zero attached hydrogens (tertiary/aromatic N) is 3. The fourth-order valence-electron chi connectivity index (χ4n) is 4.66. The molecule has 2 heterocycles. The van der Waals surface area contributed by atoms with Gasteiger partial charge in [0.05, 0.1) is 34.0 Å². The Balaban J connectivity index is 1.63. The van der Waals surface area contributed by atoms with Crippen LogP contribution in [0.4, 0.5) is 5.69 Å². The molecule has 1 saturated heterocycles. The lowest BCUT2D eigenvalue weighted by Crippen LogP contribution is -2.44. The number of benzene rings is 2. The number of morpholine rings is 1. The summed E-state index contributed by atoms with van der Waals surface area (Å²) < 4.78 is 34.8. The summed E-state index contributed by atoms with van der Waals surface area (Å²) in [6.45, 7) is 13.1. The monoisotopic (exact) mass is 484 g/mol. The van der Waals surface area contributed by atoms with Crippen LogP contribution in [0.25, 0.3) is 10.9 Å². The van der Waals surface area contributed by atoms with Gasteiger partial charge in [0.25, 0.3) is 10.0 Å². The van der Waals surface area contributed by atoms with Gasteiger partial charge in [0.15, 0.2) is 0 Å². The lowest BCUT2D eigenvalue weighted by atomic mass is 10.1. The Labute approximate surface area is 203 Å². The van der Waals surface area contributed by atoms with Gasteiger partial charge in [-0.2, -0.15) is 5.10 Å². The molecule has 0 unspecified atom stereocenters. The van der Waals surface area contributed by atoms with Crippen molar-refractivity contribution in [1.29, 1.82) is 0 Å². The Morgan fingerprint density at radius 2 is 1.79 bits per heavy atom. The first-order valence-electron chi connectivity index (χ1n) is 12.1. The maximum absolute atomic E-state index is 13.7. The van der Waals surface area contributed by atoms with Gasteiger partial charge in [0.2, 0.25) is 0 Å². The summed E-state index contributed by atoms with van der Waals surface area (Å²) in [6, 6.07) is 13.1. The van der Waals surface area contributed by atoms with Gasteiger partial charge in [-0.25, -0.2) is 8.42 Å². The standard InChI is InChI=1S/C26H36N4O3S/c1-6-21-7-9-22(10-8-21)30(14-18(2)3)34(31,32)23-11-12-24-25(13-23)27-28-26(24)17-29-15-19(4)33-20(5)16-29/h7-13,18-20H,6,14-17H2,1-5H3,(H,27,28)/t19-,20+. The third-order valence-electron chi connectivity index (χ3n) is 6.23. The second-order valence-electron chi connectivity index (χ2n) is 9.78. The lowest BCUT2D eigenvalue weighted by molar-refractivity contribution is -0.0706. The number of hydrogen-bond acceptors (Lipinski definition) is 5. The lowest BCUT2D eigenvalue weighted by Gasteiger charge is -2.34. The molecule has 34 heavy (non-hydrogen) atoms. The molecular formula is C26H36N4O3S. The molecule has 0 radical (unpaired) electrons. The zero-order valence-electron chi connectivity index (χ0n) is 20.8. The largest absolute Gasteiger partial charge is 0.373 e. The van der Waals surface area contributed by atoms with Crippen LogP contribution in [0.2, 0.25) is 0 Å². The van der Waals surface area contributed by atoms with E-state index in [-0.39, 0.29) is 23.0 Å². The Hall–Kier alpha value is -2.42. The van der Waals surface area contributed by atoms with Gasteiger partial charge < -0.3 is 4.74 Å². The van der Waals surface area contributed by atoms with Crippen molar-refractivity contribution in [3.63, 3.8) is 0 Å². The molecular weight excluding hydrogens is 448 g/mol. The highest BCUT2D eigenvalue weighted by molar-refractivity contribution is 7.92. The molecule has 1 N–H and O–H groups in total. The highest BCUT2D eigenvalue weighted by Gasteiger charge is 2.27. The van der Waals surface area contributed by atoms with Crippen LogP contribution in [0.5, 0.6) is 0 Å². The van der Waals surface area contributed by atoms with Crippen molar-refractivity contribution in [2.24, 2.45) is 5.92 Å². The molecule has 2 atom stereocenters. The van der Waals surface area contributed by atoms with E-state index in [1.54, 1.807) is 12.1 Å². The molecule has 0 bridgehead atoms. The number of aryl methyl sites for hydroxylation is 1. The van der Waals surface area contributed by atoms with Crippen LogP contribution in [-0.2, 0) is 27.7 Å². The molecule has 0 aliphatic carbocycles. The first-order valence-corrected chi connectivity index (χ1v) is 13.6. The van der Waals surface area contributed by atoms with E-state index < -0.39 is 10.0 Å². The molecule has 0 saturated carbocycles. The van der Waals surface area contributed by atoms with E-state index in [0.29, 0.717) is 18.8 Å². The van der Waals surface area contributed by atoms with E-state index in [1.165, 1.54) is 9.87 Å². The zero-order chi connectivity index (χ0) is 24.5. The minimum atomic E-state index is -3.73. The average molecular weight is 485 g/mol. The Kier molecular flexibility index (Phi) is 7.31. The van der Waals surface area contributed by atoms with Crippen LogP contribution in [0.1, 0.15) is 45.9 Å². The van der Waals surface area contributed by atoms with Crippen LogP contribution in [-0.4, -0.2) is 55.4 Å². The van der Waals surface area contributed by atoms with E-state index >= 15 is 0 Å². The zero-order valence-corrected chi connectivity index (χ0v) is 21.6. The van der Waals surface area contributed by atoms with Gasteiger partial charge in [-0.3, -0.25) is 14.3 Å². The van der Waals surface area contributed by atoms with Crippen molar-refractivity contribution >= 4 is 26.6 Å². The summed E-state index contributed by atoms with van der Waals surface area (Å²) in [5, 5.41) is 8.53. The van der Waals surface area contributed by atoms with Crippen molar-refractivity contribution in [2.45, 2.75) is 64.7 Å². The second kappa shape index (κ2) is 10.1. The van der Waals surface area contributed by atoms with Crippen molar-refractivity contribution in [2.75, 3.05) is 23.9 Å². The number of ether oxygens (including phenoxy) is 1. The Morgan fingerprint density at radius 1 is 1.12 bits per heavy atom. The maximum atomic E-state index is 13.7. The Bertz CT molecular complexity index is 1210. The second-order valence-corrected chi connectivity index (χ2v) is 11.6. The van der Waals surface area contributed by atoms with E-state index in [1.807, 2.05) is 44.2 Å². The minimum Gasteiger partial charge on any atom is -0.373 e. The SMILES string of the molecule is CCc1ccc(N(CC(C)C)S(=O)(=O)c2ccc3c(CN4C[C@@H](C)O[C@@H](C)C4)n[nH]c3c2)cc1. The number of H-pyrrole nitrogens is 1. The maximum Gasteiger partial charge on any atom is 0.264 e. The summed E-state index contributed by atoms with van der Waals surface area (Å²) in [4.78, 5) is 2.60. The minimum absolute atomic E-state index is 0.182. The number of fused-ring (bicyclic) bond motifs is 1. The Morgan fingerprint density at radius 3 is 2.41 bits per heavy atom. The van der Waals surface area contributed by atoms with Gasteiger partial charge in [0.1, 0.15) is 0 Å². The molecule has 1 aromatic heterocycles. The number of aromatic nitrogens is 2. The number of rotatable bonds is 8. The molecule has 1 fully saturated rings. The molecule has 1 aliphatic rings. The summed E-state index contributed by atoms with van der Waals surface area (Å²) in [5.41, 5.74) is 3.53. The summed E-state index contributed by atoms with van der Waals surface area (Å²) in [5.74, 6) is 0.182. The van der Waals surface area contributed by atoms with Gasteiger partial charge in [0, 0.05) is 31.6 Å². The van der Waals surface area contributed by atoms with Crippen LogP contribution < -0.4 is 4.31 Å². The average Bonchev–Trinajstić information content (AvgIpc) is 3.18. The van der Waals surface area contributed by atoms with E-state index in [2.05, 4.69) is 35.9 Å². The van der Waals surface area contributed by atoms with Crippen molar-refractivity contribution in [3.05, 3.63) is 53.7 Å². The molecule has 2 aromatic carbocycles. The number of anilines is 1. The molecule has 0 spiro atoms. The first-order chi connectivity index (χ1) is 16.2. The number of hydrogen-bond donors (Lipinski definition) is 1. The molecule has 4 rings (SSSR count). The smallest absolute Gasteiger partial charge is 0.264 e. The molecule has 0 amide bonds. The summed E-state index contributed by atoms with van der Waals surface area (Å²) >= 11 is 0. The van der Waals surface area contributed by atoms with Crippen molar-refractivity contribution < 1.29 is 13.2 Å². The van der Waals surface area contributed by atoms with Crippen LogP contribution in [0, 0.1) is 5.92 Å². The summed E-state index contributed by atoms with van der Waals surface area (Å²) in [7, 11) is -3.73. The fraction of sp³-hybridized carbons (Fsp3) is 0.500. The number of sulfonamides is 1. The van der Waals surface area contributed by atoms with Crippen LogP contribution in [0.3, 0.4) is 0 Å². The molecule has 184 valence electrons. The van der Waals surface area contributed by atoms with Crippen LogP contribution >= 0.6 is 0 Å². The topological polar surface area (TPSA) is 78.5 Å². The normalized spacial score (nSPS) is 19.7.